The van der Waals surface area contributed by atoms with E-state index in [0.717, 1.165) is 17.0 Å². The third kappa shape index (κ3) is 4.49. The van der Waals surface area contributed by atoms with Crippen molar-refractivity contribution in [2.45, 2.75) is 19.6 Å². The number of nitrogens with one attached hydrogen (secondary N) is 1. The Bertz CT molecular complexity index is 1270. The Hall–Kier alpha value is -3.98. The fraction of sp³-hybridized carbons (Fsp3) is 0.130. The highest BCUT2D eigenvalue weighted by Gasteiger charge is 2.36. The van der Waals surface area contributed by atoms with Crippen molar-refractivity contribution in [3.8, 4) is 0 Å². The molecule has 0 bridgehead atoms. The maximum Gasteiger partial charge on any atom is 0.338 e. The van der Waals surface area contributed by atoms with Gasteiger partial charge in [-0.2, -0.15) is 0 Å². The van der Waals surface area contributed by atoms with Gasteiger partial charge in [0.15, 0.2) is 6.10 Å². The number of fused-ring (bicyclic) bond motifs is 1. The quantitative estimate of drug-likeness (QED) is 0.430. The van der Waals surface area contributed by atoms with Gasteiger partial charge in [0, 0.05) is 0 Å². The summed E-state index contributed by atoms with van der Waals surface area (Å²) in [7, 11) is 0. The first kappa shape index (κ1) is 22.2. The van der Waals surface area contributed by atoms with Gasteiger partial charge >= 0.3 is 5.97 Å². The van der Waals surface area contributed by atoms with Crippen molar-refractivity contribution in [1.82, 2.24) is 4.90 Å². The topological polar surface area (TPSA) is 106 Å². The van der Waals surface area contributed by atoms with Gasteiger partial charge in [0.1, 0.15) is 11.6 Å². The summed E-state index contributed by atoms with van der Waals surface area (Å²) >= 11 is 5.88. The Labute approximate surface area is 191 Å². The van der Waals surface area contributed by atoms with E-state index in [2.05, 4.69) is 5.32 Å². The molecule has 0 aliphatic carbocycles. The van der Waals surface area contributed by atoms with Crippen LogP contribution >= 0.6 is 11.6 Å². The van der Waals surface area contributed by atoms with Crippen LogP contribution in [-0.4, -0.2) is 34.7 Å². The Morgan fingerprint density at radius 1 is 1.12 bits per heavy atom. The minimum atomic E-state index is -1.22. The molecular weight excluding hydrogens is 455 g/mol. The number of nitrogens with zero attached hydrogens (tertiary/aromatic N) is 1. The summed E-state index contributed by atoms with van der Waals surface area (Å²) in [6.07, 6.45) is 0.211. The molecule has 1 aromatic heterocycles. The molecule has 3 amide bonds. The summed E-state index contributed by atoms with van der Waals surface area (Å²) in [5, 5.41) is 2.43. The van der Waals surface area contributed by atoms with Crippen molar-refractivity contribution in [2.24, 2.45) is 0 Å². The normalized spacial score (nSPS) is 13.6. The zero-order chi connectivity index (χ0) is 23.7. The molecule has 1 unspecified atom stereocenters. The van der Waals surface area contributed by atoms with Crippen LogP contribution in [0.25, 0.3) is 0 Å². The lowest BCUT2D eigenvalue weighted by Gasteiger charge is -2.14. The number of hydrogen-bond donors (Lipinski definition) is 1. The first-order valence-electron chi connectivity index (χ1n) is 9.74. The van der Waals surface area contributed by atoms with E-state index in [1.165, 1.54) is 37.5 Å². The average molecular weight is 471 g/mol. The molecule has 0 saturated heterocycles. The molecular formula is C23H16ClFN2O6. The second-order valence-electron chi connectivity index (χ2n) is 7.20. The molecule has 10 heteroatoms. The Kier molecular flexibility index (Phi) is 5.97. The number of imide groups is 1. The highest BCUT2D eigenvalue weighted by molar-refractivity contribution is 6.33. The molecule has 168 valence electrons. The summed E-state index contributed by atoms with van der Waals surface area (Å²) in [4.78, 5) is 51.2. The van der Waals surface area contributed by atoms with E-state index in [0.29, 0.717) is 5.76 Å². The number of esters is 1. The van der Waals surface area contributed by atoms with Gasteiger partial charge in [-0.25, -0.2) is 9.18 Å². The standard InChI is InChI=1S/C23H16ClFN2O6/c1-12(20(28)26-19-7-5-14(25)10-18(19)24)33-23(31)13-4-6-16-17(9-13)22(30)27(21(16)29)11-15-3-2-8-32-15/h2-10,12H,11H2,1H3,(H,26,28). The van der Waals surface area contributed by atoms with Crippen LogP contribution in [0.5, 0.6) is 0 Å². The molecule has 1 aliphatic rings. The van der Waals surface area contributed by atoms with Crippen molar-refractivity contribution in [2.75, 3.05) is 5.32 Å². The average Bonchev–Trinajstić information content (AvgIpc) is 3.38. The molecule has 8 nitrogen and oxygen atoms in total. The minimum absolute atomic E-state index is 0.00536. The maximum atomic E-state index is 13.1. The van der Waals surface area contributed by atoms with Gasteiger partial charge in [-0.05, 0) is 55.5 Å². The molecule has 3 aromatic rings. The second-order valence-corrected chi connectivity index (χ2v) is 7.60. The molecule has 4 rings (SSSR count). The van der Waals surface area contributed by atoms with Crippen molar-refractivity contribution >= 4 is 41.0 Å². The summed E-state index contributed by atoms with van der Waals surface area (Å²) in [6, 6.07) is 10.7. The molecule has 2 aromatic carbocycles. The first-order chi connectivity index (χ1) is 15.7. The third-order valence-electron chi connectivity index (χ3n) is 4.94. The molecule has 1 aliphatic heterocycles. The van der Waals surface area contributed by atoms with E-state index in [1.807, 2.05) is 0 Å². The molecule has 0 radical (unpaired) electrons. The molecule has 33 heavy (non-hydrogen) atoms. The van der Waals surface area contributed by atoms with Gasteiger partial charge in [0.05, 0.1) is 40.2 Å². The number of anilines is 1. The van der Waals surface area contributed by atoms with Gasteiger partial charge < -0.3 is 14.5 Å². The van der Waals surface area contributed by atoms with E-state index in [9.17, 15) is 23.6 Å². The summed E-state index contributed by atoms with van der Waals surface area (Å²) in [5.41, 5.74) is 0.356. The lowest BCUT2D eigenvalue weighted by Crippen LogP contribution is -2.30. The molecule has 0 fully saturated rings. The van der Waals surface area contributed by atoms with Crippen molar-refractivity contribution in [1.29, 1.82) is 0 Å². The SMILES string of the molecule is CC(OC(=O)c1ccc2c(c1)C(=O)N(Cc1ccco1)C2=O)C(=O)Nc1ccc(F)cc1Cl. The predicted octanol–water partition coefficient (Wildman–Crippen LogP) is 4.05. The molecule has 0 saturated carbocycles. The van der Waals surface area contributed by atoms with Crippen molar-refractivity contribution in [3.63, 3.8) is 0 Å². The fourth-order valence-electron chi connectivity index (χ4n) is 3.23. The summed E-state index contributed by atoms with van der Waals surface area (Å²) in [6.45, 7) is 1.31. The van der Waals surface area contributed by atoms with Crippen molar-refractivity contribution < 1.29 is 32.7 Å². The van der Waals surface area contributed by atoms with E-state index < -0.39 is 35.6 Å². The number of hydrogen-bond acceptors (Lipinski definition) is 6. The lowest BCUT2D eigenvalue weighted by molar-refractivity contribution is -0.123. The van der Waals surface area contributed by atoms with Crippen LogP contribution in [0.4, 0.5) is 10.1 Å². The molecule has 1 N–H and O–H groups in total. The van der Waals surface area contributed by atoms with E-state index in [-0.39, 0.29) is 33.9 Å². The number of furan rings is 1. The summed E-state index contributed by atoms with van der Waals surface area (Å²) < 4.78 is 23.5. The zero-order valence-electron chi connectivity index (χ0n) is 17.1. The molecule has 0 spiro atoms. The largest absolute Gasteiger partial charge is 0.467 e. The number of carbonyl (C=O) groups is 4. The second kappa shape index (κ2) is 8.87. The van der Waals surface area contributed by atoms with Gasteiger partial charge in [-0.15, -0.1) is 0 Å². The first-order valence-corrected chi connectivity index (χ1v) is 10.1. The monoisotopic (exact) mass is 470 g/mol. The number of carbonyl (C=O) groups excluding carboxylic acids is 4. The van der Waals surface area contributed by atoms with Gasteiger partial charge in [0.2, 0.25) is 0 Å². The third-order valence-corrected chi connectivity index (χ3v) is 5.26. The zero-order valence-corrected chi connectivity index (χ0v) is 17.9. The number of amides is 3. The van der Waals surface area contributed by atoms with E-state index >= 15 is 0 Å². The maximum absolute atomic E-state index is 13.1. The molecule has 1 atom stereocenters. The van der Waals surface area contributed by atoms with Crippen LogP contribution in [-0.2, 0) is 16.1 Å². The lowest BCUT2D eigenvalue weighted by atomic mass is 10.1. The van der Waals surface area contributed by atoms with Gasteiger partial charge in [-0.3, -0.25) is 19.3 Å². The highest BCUT2D eigenvalue weighted by atomic mass is 35.5. The minimum Gasteiger partial charge on any atom is -0.467 e. The van der Waals surface area contributed by atoms with Gasteiger partial charge in [-0.1, -0.05) is 11.6 Å². The number of ether oxygens (including phenoxy) is 1. The predicted molar refractivity (Wildman–Crippen MR) is 114 cm³/mol. The number of halogens is 2. The fourth-order valence-corrected chi connectivity index (χ4v) is 3.44. The smallest absolute Gasteiger partial charge is 0.338 e. The van der Waals surface area contributed by atoms with Gasteiger partial charge in [0.25, 0.3) is 17.7 Å². The van der Waals surface area contributed by atoms with Crippen molar-refractivity contribution in [3.05, 3.63) is 88.1 Å². The highest BCUT2D eigenvalue weighted by Crippen LogP contribution is 2.26. The van der Waals surface area contributed by atoms with Crippen LogP contribution in [0.3, 0.4) is 0 Å². The van der Waals surface area contributed by atoms with Crippen LogP contribution in [0, 0.1) is 5.82 Å². The van der Waals surface area contributed by atoms with E-state index in [4.69, 9.17) is 20.8 Å². The van der Waals surface area contributed by atoms with Crippen LogP contribution < -0.4 is 5.32 Å². The Morgan fingerprint density at radius 3 is 2.58 bits per heavy atom. The van der Waals surface area contributed by atoms with Crippen LogP contribution in [0.2, 0.25) is 5.02 Å². The Balaban J connectivity index is 1.44. The Morgan fingerprint density at radius 2 is 1.88 bits per heavy atom. The summed E-state index contributed by atoms with van der Waals surface area (Å²) in [5.74, 6) is -2.76. The van der Waals surface area contributed by atoms with Crippen LogP contribution in [0.15, 0.2) is 59.2 Å². The van der Waals surface area contributed by atoms with Crippen LogP contribution in [0.1, 0.15) is 43.8 Å². The molecule has 2 heterocycles. The number of rotatable bonds is 6. The van der Waals surface area contributed by atoms with E-state index in [1.54, 1.807) is 12.1 Å². The number of benzene rings is 2.